The van der Waals surface area contributed by atoms with Crippen LogP contribution in [-0.2, 0) is 0 Å². The maximum Gasteiger partial charge on any atom is 0.0776 e. The van der Waals surface area contributed by atoms with Crippen LogP contribution in [-0.4, -0.2) is 24.2 Å². The Bertz CT molecular complexity index is 190. The third kappa shape index (κ3) is 1.37. The normalized spacial score (nSPS) is 23.3. The van der Waals surface area contributed by atoms with Crippen LogP contribution in [0.5, 0.6) is 0 Å². The molecule has 0 aromatic carbocycles. The van der Waals surface area contributed by atoms with Crippen molar-refractivity contribution in [3.63, 3.8) is 0 Å². The largest absolute Gasteiger partial charge is 0.369 e. The number of hydrogen-bond acceptors (Lipinski definition) is 2. The van der Waals surface area contributed by atoms with E-state index in [4.69, 9.17) is 0 Å². The van der Waals surface area contributed by atoms with Gasteiger partial charge in [-0.15, -0.1) is 0 Å². The summed E-state index contributed by atoms with van der Waals surface area (Å²) < 4.78 is 0. The molecule has 0 saturated carbocycles. The second-order valence-corrected chi connectivity index (χ2v) is 2.96. The molecular weight excluding hydrogens is 138 g/mol. The number of piperidine rings is 1. The molecule has 0 aromatic rings. The van der Waals surface area contributed by atoms with E-state index in [-0.39, 0.29) is 0 Å². The fourth-order valence-electron chi connectivity index (χ4n) is 1.53. The van der Waals surface area contributed by atoms with Crippen molar-refractivity contribution in [2.75, 3.05) is 13.1 Å². The van der Waals surface area contributed by atoms with Crippen LogP contribution in [0, 0.1) is 0 Å². The lowest BCUT2D eigenvalue weighted by Gasteiger charge is -2.27. The van der Waals surface area contributed by atoms with Crippen LogP contribution in [0.4, 0.5) is 0 Å². The lowest BCUT2D eigenvalue weighted by atomic mass is 10.1. The Kier molecular flexibility index (Phi) is 1.79. The van der Waals surface area contributed by atoms with Gasteiger partial charge in [-0.2, -0.15) is 10.5 Å². The third-order valence-electron chi connectivity index (χ3n) is 2.17. The minimum Gasteiger partial charge on any atom is -0.369 e. The minimum atomic E-state index is 1.17. The fourth-order valence-corrected chi connectivity index (χ4v) is 1.53. The highest BCUT2D eigenvalue weighted by atomic mass is 15.3. The molecule has 3 heteroatoms. The Morgan fingerprint density at radius 3 is 2.64 bits per heavy atom. The summed E-state index contributed by atoms with van der Waals surface area (Å²) in [6, 6.07) is 0. The van der Waals surface area contributed by atoms with Gasteiger partial charge in [0, 0.05) is 13.1 Å². The standard InChI is InChI=1S/C8H12N3/c1-2-4-11(5-3-1)8-6-9-10-7-8/h6-7H,1-5H2. The molecule has 0 amide bonds. The van der Waals surface area contributed by atoms with E-state index in [0.29, 0.717) is 0 Å². The molecule has 2 heterocycles. The molecule has 1 radical (unpaired) electrons. The average molecular weight is 150 g/mol. The molecule has 59 valence electrons. The summed E-state index contributed by atoms with van der Waals surface area (Å²) in [6.45, 7) is 2.35. The van der Waals surface area contributed by atoms with Crippen molar-refractivity contribution in [1.29, 1.82) is 0 Å². The van der Waals surface area contributed by atoms with Gasteiger partial charge in [0.1, 0.15) is 0 Å². The molecule has 2 aliphatic heterocycles. The summed E-state index contributed by atoms with van der Waals surface area (Å²) in [5.41, 5.74) is 4.99. The second-order valence-electron chi connectivity index (χ2n) is 2.96. The van der Waals surface area contributed by atoms with E-state index >= 15 is 0 Å². The highest BCUT2D eigenvalue weighted by Crippen LogP contribution is 2.14. The second kappa shape index (κ2) is 2.95. The summed E-state index contributed by atoms with van der Waals surface area (Å²) >= 11 is 0. The van der Waals surface area contributed by atoms with Gasteiger partial charge in [0.05, 0.1) is 18.1 Å². The van der Waals surface area contributed by atoms with Gasteiger partial charge in [-0.1, -0.05) is 0 Å². The zero-order valence-electron chi connectivity index (χ0n) is 6.53. The van der Waals surface area contributed by atoms with E-state index < -0.39 is 0 Å². The van der Waals surface area contributed by atoms with Crippen molar-refractivity contribution in [1.82, 2.24) is 10.3 Å². The van der Waals surface area contributed by atoms with Gasteiger partial charge in [-0.3, -0.25) is 0 Å². The monoisotopic (exact) mass is 150 g/mol. The van der Waals surface area contributed by atoms with E-state index in [1.165, 1.54) is 38.0 Å². The molecule has 0 aromatic heterocycles. The predicted molar refractivity (Wildman–Crippen MR) is 44.1 cm³/mol. The first-order valence-electron chi connectivity index (χ1n) is 4.15. The van der Waals surface area contributed by atoms with Crippen LogP contribution in [0.25, 0.3) is 0 Å². The smallest absolute Gasteiger partial charge is 0.0776 e. The number of nitrogens with zero attached hydrogens (tertiary/aromatic N) is 3. The third-order valence-corrected chi connectivity index (χ3v) is 2.17. The van der Waals surface area contributed by atoms with E-state index in [1.54, 1.807) is 0 Å². The molecule has 0 atom stereocenters. The van der Waals surface area contributed by atoms with Gasteiger partial charge < -0.3 is 4.90 Å². The van der Waals surface area contributed by atoms with Gasteiger partial charge in [-0.25, -0.2) is 0 Å². The zero-order chi connectivity index (χ0) is 7.52. The number of hydrogen-bond donors (Lipinski definition) is 0. The Hall–Kier alpha value is -0.990. The quantitative estimate of drug-likeness (QED) is 0.546. The van der Waals surface area contributed by atoms with E-state index in [1.807, 2.05) is 12.4 Å². The van der Waals surface area contributed by atoms with Crippen LogP contribution < -0.4 is 5.43 Å². The summed E-state index contributed by atoms with van der Waals surface area (Å²) in [7, 11) is 0. The van der Waals surface area contributed by atoms with E-state index in [9.17, 15) is 0 Å². The highest BCUT2D eigenvalue weighted by Gasteiger charge is 2.13. The zero-order valence-corrected chi connectivity index (χ0v) is 6.53. The van der Waals surface area contributed by atoms with Crippen LogP contribution in [0.2, 0.25) is 0 Å². The summed E-state index contributed by atoms with van der Waals surface area (Å²) in [6.07, 6.45) is 7.67. The molecule has 0 aliphatic carbocycles. The maximum atomic E-state index is 3.81. The molecule has 2 aliphatic rings. The lowest BCUT2D eigenvalue weighted by Crippen LogP contribution is -2.29. The van der Waals surface area contributed by atoms with Crippen molar-refractivity contribution in [3.05, 3.63) is 11.9 Å². The average Bonchev–Trinajstić information content (AvgIpc) is 2.58. The Morgan fingerprint density at radius 2 is 2.00 bits per heavy atom. The van der Waals surface area contributed by atoms with Crippen LogP contribution >= 0.6 is 0 Å². The first-order valence-corrected chi connectivity index (χ1v) is 4.15. The summed E-state index contributed by atoms with van der Waals surface area (Å²) in [5.74, 6) is 0. The molecular formula is C8H12N3. The molecule has 0 spiro atoms. The Balaban J connectivity index is 1.97. The predicted octanol–water partition coefficient (Wildman–Crippen LogP) is 0.917. The Labute approximate surface area is 66.8 Å². The lowest BCUT2D eigenvalue weighted by molar-refractivity contribution is 0.298. The number of likely N-dealkylation sites (tertiary alicyclic amines) is 1. The van der Waals surface area contributed by atoms with Crippen LogP contribution in [0.1, 0.15) is 19.3 Å². The number of allylic oxidation sites excluding steroid dienone is 1. The molecule has 3 nitrogen and oxygen atoms in total. The summed E-state index contributed by atoms with van der Waals surface area (Å²) in [4.78, 5) is 2.35. The van der Waals surface area contributed by atoms with Crippen molar-refractivity contribution in [2.45, 2.75) is 19.3 Å². The molecule has 11 heavy (non-hydrogen) atoms. The SMILES string of the molecule is C1=N[N]C=C1N1CCCCC1. The topological polar surface area (TPSA) is 29.7 Å². The maximum absolute atomic E-state index is 3.81. The summed E-state index contributed by atoms with van der Waals surface area (Å²) in [5, 5.41) is 3.81. The van der Waals surface area contributed by atoms with Crippen molar-refractivity contribution < 1.29 is 0 Å². The fraction of sp³-hybridized carbons (Fsp3) is 0.625. The van der Waals surface area contributed by atoms with E-state index in [2.05, 4.69) is 15.4 Å². The van der Waals surface area contributed by atoms with Gasteiger partial charge in [0.2, 0.25) is 0 Å². The molecule has 0 N–H and O–H groups in total. The van der Waals surface area contributed by atoms with Crippen molar-refractivity contribution in [3.8, 4) is 0 Å². The molecule has 1 fully saturated rings. The number of rotatable bonds is 1. The van der Waals surface area contributed by atoms with Crippen molar-refractivity contribution >= 4 is 6.21 Å². The molecule has 1 saturated heterocycles. The van der Waals surface area contributed by atoms with Gasteiger partial charge in [-0.05, 0) is 19.3 Å². The van der Waals surface area contributed by atoms with Gasteiger partial charge >= 0.3 is 0 Å². The molecule has 0 bridgehead atoms. The van der Waals surface area contributed by atoms with E-state index in [0.717, 1.165) is 0 Å². The van der Waals surface area contributed by atoms with Crippen LogP contribution in [0.3, 0.4) is 0 Å². The minimum absolute atomic E-state index is 1.17. The van der Waals surface area contributed by atoms with Crippen molar-refractivity contribution in [2.24, 2.45) is 5.10 Å². The van der Waals surface area contributed by atoms with Gasteiger partial charge in [0.15, 0.2) is 0 Å². The Morgan fingerprint density at radius 1 is 1.18 bits per heavy atom. The highest BCUT2D eigenvalue weighted by molar-refractivity contribution is 5.79. The first kappa shape index (κ1) is 6.70. The van der Waals surface area contributed by atoms with Crippen LogP contribution in [0.15, 0.2) is 17.0 Å². The molecule has 2 rings (SSSR count). The first-order chi connectivity index (χ1) is 5.47. The molecule has 0 unspecified atom stereocenters. The van der Waals surface area contributed by atoms with Gasteiger partial charge in [0.25, 0.3) is 0 Å².